The lowest BCUT2D eigenvalue weighted by atomic mass is 9.80. The molecular formula is C21H21F3N4O3S. The van der Waals surface area contributed by atoms with E-state index in [1.807, 2.05) is 0 Å². The van der Waals surface area contributed by atoms with Gasteiger partial charge < -0.3 is 5.11 Å². The number of nitrogens with two attached hydrogens (primary N) is 1. The normalized spacial score (nSPS) is 15.1. The SMILES string of the molecule is C[C@@H](C/C=C/c1ccc(S(N)(=O)=O)c(F)c1)[C@](O)(Cn1cncn1)c1ccc(F)cc1F. The average Bonchev–Trinajstić information content (AvgIpc) is 3.19. The summed E-state index contributed by atoms with van der Waals surface area (Å²) in [5.41, 5.74) is -1.49. The second-order valence-electron chi connectivity index (χ2n) is 7.42. The topological polar surface area (TPSA) is 111 Å². The van der Waals surface area contributed by atoms with Crippen molar-refractivity contribution in [3.8, 4) is 0 Å². The van der Waals surface area contributed by atoms with Gasteiger partial charge >= 0.3 is 0 Å². The van der Waals surface area contributed by atoms with E-state index in [1.165, 1.54) is 35.5 Å². The van der Waals surface area contributed by atoms with Crippen LogP contribution in [-0.2, 0) is 22.2 Å². The van der Waals surface area contributed by atoms with Gasteiger partial charge in [-0.15, -0.1) is 0 Å². The van der Waals surface area contributed by atoms with Crippen LogP contribution in [0.25, 0.3) is 6.08 Å². The molecule has 0 aliphatic rings. The Morgan fingerprint density at radius 2 is 1.94 bits per heavy atom. The first-order valence-corrected chi connectivity index (χ1v) is 11.0. The summed E-state index contributed by atoms with van der Waals surface area (Å²) in [5, 5.41) is 20.3. The van der Waals surface area contributed by atoms with Crippen molar-refractivity contribution in [1.29, 1.82) is 0 Å². The number of hydrogen-bond acceptors (Lipinski definition) is 5. The first-order valence-electron chi connectivity index (χ1n) is 9.50. The Morgan fingerprint density at radius 1 is 1.19 bits per heavy atom. The predicted octanol–water partition coefficient (Wildman–Crippen LogP) is 2.97. The molecule has 3 rings (SSSR count). The first kappa shape index (κ1) is 23.6. The summed E-state index contributed by atoms with van der Waals surface area (Å²) in [6, 6.07) is 6.39. The van der Waals surface area contributed by atoms with Crippen LogP contribution in [-0.4, -0.2) is 28.3 Å². The smallest absolute Gasteiger partial charge is 0.240 e. The van der Waals surface area contributed by atoms with Crippen molar-refractivity contribution in [2.75, 3.05) is 0 Å². The number of primary sulfonamides is 1. The van der Waals surface area contributed by atoms with Crippen molar-refractivity contribution in [2.24, 2.45) is 11.1 Å². The molecule has 3 aromatic rings. The summed E-state index contributed by atoms with van der Waals surface area (Å²) in [6.07, 6.45) is 6.02. The quantitative estimate of drug-likeness (QED) is 0.530. The standard InChI is InChI=1S/C21H21F3N4O3S/c1-14(3-2-4-15-5-8-20(19(24)9-15)32(25,30)31)21(29,11-28-13-26-12-27-28)17-7-6-16(22)10-18(17)23/h2,4-10,12-14,29H,3,11H2,1H3,(H2,25,30,31)/b4-2+/t14-,21+/m0/s1. The first-order chi connectivity index (χ1) is 15.0. The number of nitrogens with zero attached hydrogens (tertiary/aromatic N) is 3. The van der Waals surface area contributed by atoms with Crippen molar-refractivity contribution in [2.45, 2.75) is 30.4 Å². The van der Waals surface area contributed by atoms with Gasteiger partial charge in [0.1, 0.15) is 40.6 Å². The summed E-state index contributed by atoms with van der Waals surface area (Å²) in [5.74, 6) is -3.24. The van der Waals surface area contributed by atoms with Gasteiger partial charge in [-0.3, -0.25) is 0 Å². The zero-order chi connectivity index (χ0) is 23.5. The Hall–Kier alpha value is -3.02. The third kappa shape index (κ3) is 5.23. The number of benzene rings is 2. The summed E-state index contributed by atoms with van der Waals surface area (Å²) in [6.45, 7) is 1.54. The maximum Gasteiger partial charge on any atom is 0.240 e. The van der Waals surface area contributed by atoms with E-state index in [2.05, 4.69) is 10.1 Å². The molecule has 0 saturated carbocycles. The second-order valence-corrected chi connectivity index (χ2v) is 8.95. The zero-order valence-corrected chi connectivity index (χ0v) is 17.8. The van der Waals surface area contributed by atoms with Crippen LogP contribution in [0.3, 0.4) is 0 Å². The zero-order valence-electron chi connectivity index (χ0n) is 17.0. The van der Waals surface area contributed by atoms with E-state index < -0.39 is 43.9 Å². The highest BCUT2D eigenvalue weighted by molar-refractivity contribution is 7.89. The molecule has 0 amide bonds. The molecule has 2 atom stereocenters. The molecule has 0 bridgehead atoms. The molecule has 0 aliphatic heterocycles. The van der Waals surface area contributed by atoms with Gasteiger partial charge in [0.2, 0.25) is 10.0 Å². The lowest BCUT2D eigenvalue weighted by molar-refractivity contribution is -0.0379. The highest BCUT2D eigenvalue weighted by atomic mass is 32.2. The van der Waals surface area contributed by atoms with Crippen LogP contribution in [0.4, 0.5) is 13.2 Å². The fourth-order valence-electron chi connectivity index (χ4n) is 3.36. The number of aliphatic hydroxyl groups is 1. The van der Waals surface area contributed by atoms with Crippen LogP contribution in [0, 0.1) is 23.4 Å². The highest BCUT2D eigenvalue weighted by Gasteiger charge is 2.38. The van der Waals surface area contributed by atoms with Gasteiger partial charge in [0, 0.05) is 11.6 Å². The molecule has 11 heteroatoms. The third-order valence-corrected chi connectivity index (χ3v) is 6.09. The molecule has 0 aliphatic carbocycles. The lowest BCUT2D eigenvalue weighted by Crippen LogP contribution is -2.39. The lowest BCUT2D eigenvalue weighted by Gasteiger charge is -2.34. The van der Waals surface area contributed by atoms with Gasteiger partial charge in [-0.2, -0.15) is 5.10 Å². The van der Waals surface area contributed by atoms with Crippen molar-refractivity contribution < 1.29 is 26.7 Å². The van der Waals surface area contributed by atoms with Crippen molar-refractivity contribution in [3.05, 3.63) is 83.7 Å². The molecule has 32 heavy (non-hydrogen) atoms. The summed E-state index contributed by atoms with van der Waals surface area (Å²) in [7, 11) is -4.17. The van der Waals surface area contributed by atoms with Crippen LogP contribution >= 0.6 is 0 Å². The van der Waals surface area contributed by atoms with Gasteiger partial charge in [0.05, 0.1) is 6.54 Å². The molecule has 0 saturated heterocycles. The fourth-order valence-corrected chi connectivity index (χ4v) is 3.95. The van der Waals surface area contributed by atoms with Crippen molar-refractivity contribution >= 4 is 16.1 Å². The van der Waals surface area contributed by atoms with Gasteiger partial charge in [-0.25, -0.2) is 36.4 Å². The summed E-state index contributed by atoms with van der Waals surface area (Å²) < 4.78 is 65.9. The molecule has 1 heterocycles. The monoisotopic (exact) mass is 466 g/mol. The summed E-state index contributed by atoms with van der Waals surface area (Å²) in [4.78, 5) is 3.20. The second kappa shape index (κ2) is 9.23. The minimum atomic E-state index is -4.17. The maximum absolute atomic E-state index is 14.5. The fraction of sp³-hybridized carbons (Fsp3) is 0.238. The van der Waals surface area contributed by atoms with E-state index in [0.717, 1.165) is 18.2 Å². The molecule has 3 N–H and O–H groups in total. The molecule has 0 unspecified atom stereocenters. The maximum atomic E-state index is 14.5. The largest absolute Gasteiger partial charge is 0.383 e. The predicted molar refractivity (Wildman–Crippen MR) is 111 cm³/mol. The molecule has 0 fully saturated rings. The van der Waals surface area contributed by atoms with Gasteiger partial charge in [-0.05, 0) is 36.1 Å². The summed E-state index contributed by atoms with van der Waals surface area (Å²) >= 11 is 0. The van der Waals surface area contributed by atoms with Crippen LogP contribution < -0.4 is 5.14 Å². The molecule has 0 spiro atoms. The molecule has 0 radical (unpaired) electrons. The molecule has 7 nitrogen and oxygen atoms in total. The number of rotatable bonds is 8. The third-order valence-electron chi connectivity index (χ3n) is 5.14. The van der Waals surface area contributed by atoms with Gasteiger partial charge in [0.15, 0.2) is 0 Å². The van der Waals surface area contributed by atoms with E-state index in [-0.39, 0.29) is 18.5 Å². The molecule has 170 valence electrons. The number of sulfonamides is 1. The van der Waals surface area contributed by atoms with E-state index in [1.54, 1.807) is 13.0 Å². The number of hydrogen-bond donors (Lipinski definition) is 2. The van der Waals surface area contributed by atoms with Crippen LogP contribution in [0.2, 0.25) is 0 Å². The minimum Gasteiger partial charge on any atom is -0.383 e. The Bertz CT molecular complexity index is 1230. The van der Waals surface area contributed by atoms with Crippen LogP contribution in [0.5, 0.6) is 0 Å². The molecule has 1 aromatic heterocycles. The van der Waals surface area contributed by atoms with Crippen molar-refractivity contribution in [3.63, 3.8) is 0 Å². The number of aromatic nitrogens is 3. The number of halogens is 3. The van der Waals surface area contributed by atoms with Gasteiger partial charge in [-0.1, -0.05) is 31.2 Å². The number of allylic oxidation sites excluding steroid dienone is 1. The molecule has 2 aromatic carbocycles. The van der Waals surface area contributed by atoms with E-state index in [9.17, 15) is 26.7 Å². The Balaban J connectivity index is 1.85. The Morgan fingerprint density at radius 3 is 2.53 bits per heavy atom. The van der Waals surface area contributed by atoms with Crippen LogP contribution in [0.1, 0.15) is 24.5 Å². The Kier molecular flexibility index (Phi) is 6.82. The van der Waals surface area contributed by atoms with Crippen LogP contribution in [0.15, 0.2) is 60.0 Å². The highest BCUT2D eigenvalue weighted by Crippen LogP contribution is 2.35. The average molecular weight is 466 g/mol. The van der Waals surface area contributed by atoms with Gasteiger partial charge in [0.25, 0.3) is 0 Å². The Labute approximate surface area is 183 Å². The molecular weight excluding hydrogens is 445 g/mol. The van der Waals surface area contributed by atoms with E-state index >= 15 is 0 Å². The van der Waals surface area contributed by atoms with E-state index in [0.29, 0.717) is 11.6 Å². The minimum absolute atomic E-state index is 0.0983. The van der Waals surface area contributed by atoms with E-state index in [4.69, 9.17) is 5.14 Å². The van der Waals surface area contributed by atoms with Crippen molar-refractivity contribution in [1.82, 2.24) is 14.8 Å².